The topological polar surface area (TPSA) is 38.7 Å². The highest BCUT2D eigenvalue weighted by atomic mass is 35.5. The number of aromatic nitrogens is 3. The Labute approximate surface area is 294 Å². The van der Waals surface area contributed by atoms with Crippen LogP contribution in [0.4, 0.5) is 0 Å². The minimum absolute atomic E-state index is 0.553. The zero-order valence-electron chi connectivity index (χ0n) is 25.9. The Morgan fingerprint density at radius 1 is 0.408 bits per heavy atom. The number of halogens is 1. The molecular weight excluding hydrogens is 658 g/mol. The van der Waals surface area contributed by atoms with Gasteiger partial charge in [0.15, 0.2) is 17.5 Å². The predicted molar refractivity (Wildman–Crippen MR) is 210 cm³/mol. The van der Waals surface area contributed by atoms with Gasteiger partial charge >= 0.3 is 0 Å². The third-order valence-electron chi connectivity index (χ3n) is 9.21. The van der Waals surface area contributed by atoms with Crippen molar-refractivity contribution in [3.8, 4) is 45.3 Å². The highest BCUT2D eigenvalue weighted by Crippen LogP contribution is 2.44. The van der Waals surface area contributed by atoms with E-state index in [1.54, 1.807) is 22.7 Å². The first-order chi connectivity index (χ1) is 24.2. The molecule has 3 heterocycles. The van der Waals surface area contributed by atoms with Crippen molar-refractivity contribution in [2.24, 2.45) is 0 Å². The fourth-order valence-corrected chi connectivity index (χ4v) is 9.56. The Morgan fingerprint density at radius 3 is 1.90 bits per heavy atom. The molecule has 3 aromatic heterocycles. The first-order valence-electron chi connectivity index (χ1n) is 16.0. The molecule has 49 heavy (non-hydrogen) atoms. The molecule has 0 atom stereocenters. The molecule has 7 aromatic carbocycles. The van der Waals surface area contributed by atoms with Gasteiger partial charge in [0.05, 0.1) is 5.02 Å². The largest absolute Gasteiger partial charge is 0.208 e. The molecule has 0 N–H and O–H groups in total. The maximum Gasteiger partial charge on any atom is 0.165 e. The van der Waals surface area contributed by atoms with Crippen LogP contribution in [0, 0.1) is 0 Å². The lowest BCUT2D eigenvalue weighted by atomic mass is 10.0. The van der Waals surface area contributed by atoms with Gasteiger partial charge < -0.3 is 0 Å². The molecule has 0 unspecified atom stereocenters. The van der Waals surface area contributed by atoms with Crippen LogP contribution in [0.1, 0.15) is 0 Å². The third-order valence-corrected chi connectivity index (χ3v) is 11.9. The van der Waals surface area contributed by atoms with Gasteiger partial charge in [0, 0.05) is 57.0 Å². The smallest absolute Gasteiger partial charge is 0.165 e. The van der Waals surface area contributed by atoms with Gasteiger partial charge in [0.1, 0.15) is 0 Å². The Kier molecular flexibility index (Phi) is 6.59. The lowest BCUT2D eigenvalue weighted by Gasteiger charge is -2.11. The van der Waals surface area contributed by atoms with E-state index < -0.39 is 0 Å². The molecule has 10 aromatic rings. The van der Waals surface area contributed by atoms with Crippen LogP contribution in [0.5, 0.6) is 0 Å². The van der Waals surface area contributed by atoms with Crippen LogP contribution in [0.2, 0.25) is 5.02 Å². The summed E-state index contributed by atoms with van der Waals surface area (Å²) in [5, 5.41) is 7.68. The lowest BCUT2D eigenvalue weighted by Crippen LogP contribution is -2.00. The highest BCUT2D eigenvalue weighted by molar-refractivity contribution is 7.26. The number of benzene rings is 7. The molecule has 3 nitrogen and oxygen atoms in total. The van der Waals surface area contributed by atoms with Crippen molar-refractivity contribution >= 4 is 85.4 Å². The van der Waals surface area contributed by atoms with Gasteiger partial charge in [0.25, 0.3) is 0 Å². The molecule has 0 spiro atoms. The molecule has 230 valence electrons. The monoisotopic (exact) mass is 681 g/mol. The molecule has 0 saturated carbocycles. The van der Waals surface area contributed by atoms with E-state index in [1.807, 2.05) is 6.07 Å². The molecule has 0 bridgehead atoms. The summed E-state index contributed by atoms with van der Waals surface area (Å²) in [5.74, 6) is 1.79. The van der Waals surface area contributed by atoms with Crippen LogP contribution in [-0.2, 0) is 0 Å². The summed E-state index contributed by atoms with van der Waals surface area (Å²) < 4.78 is 4.74. The molecule has 6 heteroatoms. The Morgan fingerprint density at radius 2 is 1.06 bits per heavy atom. The number of rotatable bonds is 4. The first kappa shape index (κ1) is 28.5. The van der Waals surface area contributed by atoms with E-state index in [0.29, 0.717) is 22.5 Å². The molecule has 0 aliphatic carbocycles. The van der Waals surface area contributed by atoms with E-state index in [2.05, 4.69) is 140 Å². The van der Waals surface area contributed by atoms with Crippen molar-refractivity contribution in [2.75, 3.05) is 0 Å². The van der Waals surface area contributed by atoms with E-state index in [4.69, 9.17) is 26.6 Å². The Bertz CT molecular complexity index is 2890. The summed E-state index contributed by atoms with van der Waals surface area (Å²) in [6, 6.07) is 50.9. The van der Waals surface area contributed by atoms with Crippen molar-refractivity contribution in [3.05, 3.63) is 151 Å². The SMILES string of the molecule is Clc1c(-c2nc(-c3ccc(-c4ccccc4)cc3)nc(-c3cccc4c3sc3ccccc34)n2)ccc2sc3cc4ccccc4cc3c12. The van der Waals surface area contributed by atoms with E-state index in [-0.39, 0.29) is 0 Å². The van der Waals surface area contributed by atoms with Gasteiger partial charge in [-0.3, -0.25) is 0 Å². The third kappa shape index (κ3) is 4.73. The predicted octanol–water partition coefficient (Wildman–Crippen LogP) is 13.1. The van der Waals surface area contributed by atoms with E-state index >= 15 is 0 Å². The van der Waals surface area contributed by atoms with Gasteiger partial charge in [-0.2, -0.15) is 0 Å². The fourth-order valence-electron chi connectivity index (χ4n) is 6.80. The highest BCUT2D eigenvalue weighted by Gasteiger charge is 2.20. The Hall–Kier alpha value is -5.46. The number of fused-ring (bicyclic) bond motifs is 7. The average Bonchev–Trinajstić information content (AvgIpc) is 3.72. The minimum atomic E-state index is 0.553. The van der Waals surface area contributed by atoms with Gasteiger partial charge in [0.2, 0.25) is 0 Å². The second kappa shape index (κ2) is 11.3. The van der Waals surface area contributed by atoms with Crippen molar-refractivity contribution in [1.82, 2.24) is 15.0 Å². The van der Waals surface area contributed by atoms with Gasteiger partial charge in [-0.1, -0.05) is 121 Å². The van der Waals surface area contributed by atoms with Crippen LogP contribution < -0.4 is 0 Å². The van der Waals surface area contributed by atoms with Crippen LogP contribution in [0.15, 0.2) is 146 Å². The van der Waals surface area contributed by atoms with Gasteiger partial charge in [-0.25, -0.2) is 15.0 Å². The standard InChI is InChI=1S/C43H24ClN3S2/c44-39-32(21-22-36-38(39)34-23-28-11-4-5-12-29(28)24-37(34)48-36)42-45-41(27-19-17-26(18-20-27)25-9-2-1-3-10-25)46-43(47-42)33-15-8-14-31-30-13-6-7-16-35(30)49-40(31)33/h1-24H. The van der Waals surface area contributed by atoms with Crippen molar-refractivity contribution in [1.29, 1.82) is 0 Å². The molecule has 0 fully saturated rings. The van der Waals surface area contributed by atoms with Crippen molar-refractivity contribution < 1.29 is 0 Å². The lowest BCUT2D eigenvalue weighted by molar-refractivity contribution is 1.08. The summed E-state index contributed by atoms with van der Waals surface area (Å²) >= 11 is 10.9. The Balaban J connectivity index is 1.20. The van der Waals surface area contributed by atoms with Gasteiger partial charge in [-0.05, 0) is 58.3 Å². The van der Waals surface area contributed by atoms with Crippen LogP contribution in [0.25, 0.3) is 96.4 Å². The second-order valence-corrected chi connectivity index (χ2v) is 14.6. The number of thiophene rings is 2. The maximum atomic E-state index is 7.39. The molecule has 10 rings (SSSR count). The summed E-state index contributed by atoms with van der Waals surface area (Å²) in [5.41, 5.74) is 4.99. The van der Waals surface area contributed by atoms with Crippen LogP contribution in [-0.4, -0.2) is 15.0 Å². The number of hydrogen-bond donors (Lipinski definition) is 0. The molecule has 0 amide bonds. The summed E-state index contributed by atoms with van der Waals surface area (Å²) in [6.07, 6.45) is 0. The fraction of sp³-hybridized carbons (Fsp3) is 0. The molecule has 0 aliphatic rings. The number of hydrogen-bond acceptors (Lipinski definition) is 5. The minimum Gasteiger partial charge on any atom is -0.208 e. The molecule has 0 saturated heterocycles. The first-order valence-corrected chi connectivity index (χ1v) is 18.1. The average molecular weight is 682 g/mol. The summed E-state index contributed by atoms with van der Waals surface area (Å²) in [6.45, 7) is 0. The molecule has 0 radical (unpaired) electrons. The van der Waals surface area contributed by atoms with Crippen LogP contribution >= 0.6 is 34.3 Å². The van der Waals surface area contributed by atoms with E-state index in [0.717, 1.165) is 42.4 Å². The van der Waals surface area contributed by atoms with Crippen molar-refractivity contribution in [3.63, 3.8) is 0 Å². The van der Waals surface area contributed by atoms with E-state index in [9.17, 15) is 0 Å². The number of nitrogens with zero attached hydrogens (tertiary/aromatic N) is 3. The molecule has 0 aliphatic heterocycles. The second-order valence-electron chi connectivity index (χ2n) is 12.1. The summed E-state index contributed by atoms with van der Waals surface area (Å²) in [7, 11) is 0. The quantitative estimate of drug-likeness (QED) is 0.186. The maximum absolute atomic E-state index is 7.39. The molecular formula is C43H24ClN3S2. The normalized spacial score (nSPS) is 11.8. The zero-order chi connectivity index (χ0) is 32.5. The van der Waals surface area contributed by atoms with Crippen molar-refractivity contribution in [2.45, 2.75) is 0 Å². The van der Waals surface area contributed by atoms with Gasteiger partial charge in [-0.15, -0.1) is 22.7 Å². The zero-order valence-corrected chi connectivity index (χ0v) is 28.3. The van der Waals surface area contributed by atoms with E-state index in [1.165, 1.54) is 36.5 Å². The van der Waals surface area contributed by atoms with Crippen LogP contribution in [0.3, 0.4) is 0 Å². The summed E-state index contributed by atoms with van der Waals surface area (Å²) in [4.78, 5) is 15.4.